The van der Waals surface area contributed by atoms with Gasteiger partial charge in [0, 0.05) is 28.8 Å². The molecule has 2 nitrogen and oxygen atoms in total. The highest BCUT2D eigenvalue weighted by Crippen LogP contribution is 2.43. The topological polar surface area (TPSA) is 17.8 Å². The SMILES string of the molecule is CC(C)c1cccc(C(C)C)c1-c1nc2c3ccccc3c3c(ccc4ccc5ccccc5c43)c2n1C. The summed E-state index contributed by atoms with van der Waals surface area (Å²) in [7, 11) is 2.20. The smallest absolute Gasteiger partial charge is 0.141 e. The van der Waals surface area contributed by atoms with Crippen LogP contribution in [-0.2, 0) is 7.05 Å². The van der Waals surface area contributed by atoms with Crippen LogP contribution in [0.15, 0.2) is 91.0 Å². The average molecular weight is 493 g/mol. The molecule has 0 saturated heterocycles. The number of nitrogens with zero attached hydrogens (tertiary/aromatic N) is 2. The molecule has 6 aromatic carbocycles. The molecule has 0 saturated carbocycles. The van der Waals surface area contributed by atoms with Crippen LogP contribution in [0.4, 0.5) is 0 Å². The van der Waals surface area contributed by atoms with Crippen LogP contribution in [0, 0.1) is 0 Å². The second kappa shape index (κ2) is 8.43. The largest absolute Gasteiger partial charge is 0.327 e. The Kier molecular flexibility index (Phi) is 5.10. The first kappa shape index (κ1) is 23.0. The van der Waals surface area contributed by atoms with Crippen LogP contribution in [0.2, 0.25) is 0 Å². The predicted octanol–water partition coefficient (Wildman–Crippen LogP) is 10.1. The van der Waals surface area contributed by atoms with Gasteiger partial charge in [0.2, 0.25) is 0 Å². The summed E-state index contributed by atoms with van der Waals surface area (Å²) < 4.78 is 2.36. The zero-order valence-corrected chi connectivity index (χ0v) is 22.7. The van der Waals surface area contributed by atoms with Gasteiger partial charge in [0.25, 0.3) is 0 Å². The third-order valence-electron chi connectivity index (χ3n) is 8.31. The van der Waals surface area contributed by atoms with Crippen molar-refractivity contribution in [2.75, 3.05) is 0 Å². The summed E-state index contributed by atoms with van der Waals surface area (Å²) in [4.78, 5) is 5.45. The number of benzene rings is 6. The first-order chi connectivity index (χ1) is 18.5. The predicted molar refractivity (Wildman–Crippen MR) is 164 cm³/mol. The Labute approximate surface area is 223 Å². The summed E-state index contributed by atoms with van der Waals surface area (Å²) in [6.07, 6.45) is 0. The molecule has 0 unspecified atom stereocenters. The Balaban J connectivity index is 1.72. The van der Waals surface area contributed by atoms with Crippen LogP contribution in [0.5, 0.6) is 0 Å². The molecule has 0 aliphatic rings. The molecular formula is C36H32N2. The number of fused-ring (bicyclic) bond motifs is 10. The van der Waals surface area contributed by atoms with Gasteiger partial charge in [0.05, 0.1) is 11.0 Å². The Morgan fingerprint density at radius 3 is 1.87 bits per heavy atom. The molecule has 0 fully saturated rings. The number of aromatic nitrogens is 2. The lowest BCUT2D eigenvalue weighted by Gasteiger charge is -2.19. The number of aryl methyl sites for hydroxylation is 1. The van der Waals surface area contributed by atoms with Gasteiger partial charge in [-0.25, -0.2) is 4.98 Å². The van der Waals surface area contributed by atoms with E-state index in [1.807, 2.05) is 0 Å². The van der Waals surface area contributed by atoms with Gasteiger partial charge in [-0.05, 0) is 49.9 Å². The molecule has 0 amide bonds. The zero-order chi connectivity index (χ0) is 26.1. The number of imidazole rings is 1. The fraction of sp³-hybridized carbons (Fsp3) is 0.194. The van der Waals surface area contributed by atoms with Crippen molar-refractivity contribution in [2.24, 2.45) is 7.05 Å². The molecule has 0 atom stereocenters. The molecule has 1 aromatic heterocycles. The number of hydrogen-bond donors (Lipinski definition) is 0. The lowest BCUT2D eigenvalue weighted by atomic mass is 9.88. The average Bonchev–Trinajstić information content (AvgIpc) is 3.29. The third kappa shape index (κ3) is 3.16. The molecule has 0 N–H and O–H groups in total. The van der Waals surface area contributed by atoms with E-state index in [2.05, 4.69) is 130 Å². The first-order valence-corrected chi connectivity index (χ1v) is 13.7. The second-order valence-corrected chi connectivity index (χ2v) is 11.2. The molecule has 1 heterocycles. The van der Waals surface area contributed by atoms with Gasteiger partial charge < -0.3 is 4.57 Å². The van der Waals surface area contributed by atoms with Crippen LogP contribution in [0.3, 0.4) is 0 Å². The quantitative estimate of drug-likeness (QED) is 0.224. The van der Waals surface area contributed by atoms with E-state index in [9.17, 15) is 0 Å². The summed E-state index contributed by atoms with van der Waals surface area (Å²) in [6, 6.07) is 33.4. The van der Waals surface area contributed by atoms with Crippen molar-refractivity contribution in [2.45, 2.75) is 39.5 Å². The van der Waals surface area contributed by atoms with E-state index < -0.39 is 0 Å². The van der Waals surface area contributed by atoms with Crippen molar-refractivity contribution in [1.29, 1.82) is 0 Å². The Hall–Kier alpha value is -4.17. The van der Waals surface area contributed by atoms with Crippen LogP contribution in [-0.4, -0.2) is 9.55 Å². The second-order valence-electron chi connectivity index (χ2n) is 11.2. The summed E-state index contributed by atoms with van der Waals surface area (Å²) in [5.74, 6) is 1.88. The van der Waals surface area contributed by atoms with E-state index in [1.165, 1.54) is 65.3 Å². The zero-order valence-electron chi connectivity index (χ0n) is 22.7. The minimum atomic E-state index is 0.410. The fourth-order valence-corrected chi connectivity index (χ4v) is 6.51. The molecule has 0 aliphatic heterocycles. The standard InChI is InChI=1S/C36H32N2/c1-21(2)25-15-10-16-26(22(3)4)33(25)36-37-34-29-14-9-8-13-28(29)32-30(35(34)38(36)5)20-19-24-18-17-23-11-6-7-12-27(23)31(24)32/h6-22H,1-5H3. The molecule has 38 heavy (non-hydrogen) atoms. The maximum absolute atomic E-state index is 5.45. The molecule has 186 valence electrons. The van der Waals surface area contributed by atoms with Crippen LogP contribution >= 0.6 is 0 Å². The van der Waals surface area contributed by atoms with Gasteiger partial charge >= 0.3 is 0 Å². The van der Waals surface area contributed by atoms with Crippen molar-refractivity contribution in [1.82, 2.24) is 9.55 Å². The summed E-state index contributed by atoms with van der Waals surface area (Å²) in [5.41, 5.74) is 6.30. The van der Waals surface area contributed by atoms with E-state index in [4.69, 9.17) is 4.98 Å². The summed E-state index contributed by atoms with van der Waals surface area (Å²) in [6.45, 7) is 9.14. The van der Waals surface area contributed by atoms with E-state index >= 15 is 0 Å². The van der Waals surface area contributed by atoms with Gasteiger partial charge in [-0.2, -0.15) is 0 Å². The van der Waals surface area contributed by atoms with Gasteiger partial charge in [0.1, 0.15) is 5.82 Å². The molecule has 7 aromatic rings. The Morgan fingerprint density at radius 2 is 1.16 bits per heavy atom. The monoisotopic (exact) mass is 492 g/mol. The lowest BCUT2D eigenvalue weighted by molar-refractivity contribution is 0.828. The number of rotatable bonds is 3. The maximum atomic E-state index is 5.45. The molecule has 2 heteroatoms. The Morgan fingerprint density at radius 1 is 0.553 bits per heavy atom. The molecule has 7 rings (SSSR count). The number of hydrogen-bond acceptors (Lipinski definition) is 1. The van der Waals surface area contributed by atoms with Gasteiger partial charge in [0.15, 0.2) is 0 Å². The van der Waals surface area contributed by atoms with E-state index in [-0.39, 0.29) is 0 Å². The van der Waals surface area contributed by atoms with Crippen LogP contribution < -0.4 is 0 Å². The van der Waals surface area contributed by atoms with Crippen molar-refractivity contribution in [3.63, 3.8) is 0 Å². The highest BCUT2D eigenvalue weighted by atomic mass is 15.1. The van der Waals surface area contributed by atoms with Gasteiger partial charge in [-0.3, -0.25) is 0 Å². The highest BCUT2D eigenvalue weighted by molar-refractivity contribution is 6.34. The molecule has 0 aliphatic carbocycles. The first-order valence-electron chi connectivity index (χ1n) is 13.7. The molecule has 0 spiro atoms. The third-order valence-corrected chi connectivity index (χ3v) is 8.31. The molecular weight excluding hydrogens is 460 g/mol. The Bertz CT molecular complexity index is 2010. The van der Waals surface area contributed by atoms with Gasteiger partial charge in [-0.1, -0.05) is 119 Å². The van der Waals surface area contributed by atoms with Crippen LogP contribution in [0.25, 0.3) is 65.5 Å². The van der Waals surface area contributed by atoms with E-state index in [1.54, 1.807) is 0 Å². The minimum absolute atomic E-state index is 0.410. The van der Waals surface area contributed by atoms with E-state index in [0.717, 1.165) is 11.3 Å². The minimum Gasteiger partial charge on any atom is -0.327 e. The van der Waals surface area contributed by atoms with Crippen molar-refractivity contribution >= 4 is 54.1 Å². The normalized spacial score (nSPS) is 12.3. The van der Waals surface area contributed by atoms with Crippen LogP contribution in [0.1, 0.15) is 50.7 Å². The van der Waals surface area contributed by atoms with Gasteiger partial charge in [-0.15, -0.1) is 0 Å². The fourth-order valence-electron chi connectivity index (χ4n) is 6.51. The van der Waals surface area contributed by atoms with Crippen molar-refractivity contribution in [3.8, 4) is 11.4 Å². The maximum Gasteiger partial charge on any atom is 0.141 e. The lowest BCUT2D eigenvalue weighted by Crippen LogP contribution is -2.04. The van der Waals surface area contributed by atoms with Crippen molar-refractivity contribution in [3.05, 3.63) is 102 Å². The summed E-state index contributed by atoms with van der Waals surface area (Å²) >= 11 is 0. The highest BCUT2D eigenvalue weighted by Gasteiger charge is 2.23. The van der Waals surface area contributed by atoms with Crippen molar-refractivity contribution < 1.29 is 0 Å². The molecule has 0 bridgehead atoms. The molecule has 0 radical (unpaired) electrons. The van der Waals surface area contributed by atoms with E-state index in [0.29, 0.717) is 11.8 Å². The summed E-state index contributed by atoms with van der Waals surface area (Å²) in [5, 5.41) is 10.2.